The molecule has 0 amide bonds. The molecule has 1 aliphatic carbocycles. The fourth-order valence-electron chi connectivity index (χ4n) is 3.56. The Morgan fingerprint density at radius 3 is 2.62 bits per heavy atom. The molecule has 0 spiro atoms. The quantitative estimate of drug-likeness (QED) is 0.719. The first-order valence-corrected chi connectivity index (χ1v) is 8.40. The fraction of sp³-hybridized carbons (Fsp3) is 0.500. The summed E-state index contributed by atoms with van der Waals surface area (Å²) in [6.07, 6.45) is 5.23. The minimum Gasteiger partial charge on any atom is -0.316 e. The highest BCUT2D eigenvalue weighted by Crippen LogP contribution is 2.47. The van der Waals surface area contributed by atoms with Crippen molar-refractivity contribution in [1.29, 1.82) is 0 Å². The molecule has 1 heteroatoms. The van der Waals surface area contributed by atoms with Gasteiger partial charge in [-0.2, -0.15) is 0 Å². The zero-order valence-corrected chi connectivity index (χ0v) is 13.4. The van der Waals surface area contributed by atoms with Gasteiger partial charge >= 0.3 is 0 Å². The van der Waals surface area contributed by atoms with E-state index in [2.05, 4.69) is 61.6 Å². The third kappa shape index (κ3) is 3.29. The summed E-state index contributed by atoms with van der Waals surface area (Å²) < 4.78 is 0. The Hall–Kier alpha value is -1.34. The molecule has 0 bridgehead atoms. The van der Waals surface area contributed by atoms with Crippen LogP contribution in [-0.2, 0) is 6.42 Å². The lowest BCUT2D eigenvalue weighted by atomic mass is 9.78. The van der Waals surface area contributed by atoms with Crippen LogP contribution in [0.5, 0.6) is 0 Å². The third-order valence-corrected chi connectivity index (χ3v) is 4.99. The van der Waals surface area contributed by atoms with Gasteiger partial charge in [-0.25, -0.2) is 0 Å². The van der Waals surface area contributed by atoms with E-state index in [1.165, 1.54) is 42.0 Å². The minimum absolute atomic E-state index is 0.402. The molecule has 0 radical (unpaired) electrons. The Bertz CT molecular complexity index is 594. The van der Waals surface area contributed by atoms with Gasteiger partial charge in [0, 0.05) is 6.54 Å². The van der Waals surface area contributed by atoms with Crippen molar-refractivity contribution in [3.63, 3.8) is 0 Å². The minimum atomic E-state index is 0.402. The lowest BCUT2D eigenvalue weighted by Crippen LogP contribution is -2.36. The van der Waals surface area contributed by atoms with Gasteiger partial charge in [-0.05, 0) is 59.9 Å². The zero-order valence-electron chi connectivity index (χ0n) is 13.4. The molecule has 1 nitrogen and oxygen atoms in total. The Balaban J connectivity index is 1.84. The highest BCUT2D eigenvalue weighted by Gasteiger charge is 2.41. The maximum Gasteiger partial charge on any atom is 0.00110 e. The maximum atomic E-state index is 3.67. The largest absolute Gasteiger partial charge is 0.316 e. The summed E-state index contributed by atoms with van der Waals surface area (Å²) in [6.45, 7) is 7.01. The van der Waals surface area contributed by atoms with E-state index in [0.29, 0.717) is 5.41 Å². The predicted molar refractivity (Wildman–Crippen MR) is 91.6 cm³/mol. The molecule has 2 aromatic carbocycles. The van der Waals surface area contributed by atoms with Crippen LogP contribution in [0.25, 0.3) is 10.8 Å². The molecule has 3 rings (SSSR count). The van der Waals surface area contributed by atoms with Crippen molar-refractivity contribution in [3.8, 4) is 0 Å². The molecule has 0 saturated heterocycles. The Labute approximate surface area is 128 Å². The third-order valence-electron chi connectivity index (χ3n) is 4.99. The summed E-state index contributed by atoms with van der Waals surface area (Å²) in [4.78, 5) is 0. The van der Waals surface area contributed by atoms with E-state index in [4.69, 9.17) is 0 Å². The van der Waals surface area contributed by atoms with Crippen LogP contribution in [0, 0.1) is 11.3 Å². The van der Waals surface area contributed by atoms with Crippen LogP contribution in [0.4, 0.5) is 0 Å². The number of fused-ring (bicyclic) bond motifs is 1. The second-order valence-corrected chi connectivity index (χ2v) is 6.92. The highest BCUT2D eigenvalue weighted by atomic mass is 14.9. The van der Waals surface area contributed by atoms with Gasteiger partial charge < -0.3 is 5.32 Å². The number of nitrogens with one attached hydrogen (secondary N) is 1. The molecular weight excluding hydrogens is 254 g/mol. The number of hydrogen-bond donors (Lipinski definition) is 1. The predicted octanol–water partition coefficient (Wildman–Crippen LogP) is 4.80. The van der Waals surface area contributed by atoms with E-state index in [1.807, 2.05) is 0 Å². The molecule has 0 aliphatic heterocycles. The van der Waals surface area contributed by atoms with Crippen molar-refractivity contribution >= 4 is 10.8 Å². The van der Waals surface area contributed by atoms with Gasteiger partial charge in [0.25, 0.3) is 0 Å². The highest BCUT2D eigenvalue weighted by molar-refractivity contribution is 5.85. The topological polar surface area (TPSA) is 12.0 Å². The van der Waals surface area contributed by atoms with Gasteiger partial charge in [0.1, 0.15) is 0 Å². The summed E-state index contributed by atoms with van der Waals surface area (Å²) in [5, 5.41) is 6.47. The van der Waals surface area contributed by atoms with E-state index < -0.39 is 0 Å². The summed E-state index contributed by atoms with van der Waals surface area (Å²) in [7, 11) is 0. The Kier molecular flexibility index (Phi) is 4.30. The van der Waals surface area contributed by atoms with Gasteiger partial charge in [0.05, 0.1) is 0 Å². The van der Waals surface area contributed by atoms with E-state index in [1.54, 1.807) is 0 Å². The number of rotatable bonds is 7. The molecule has 112 valence electrons. The monoisotopic (exact) mass is 281 g/mol. The molecule has 1 atom stereocenters. The smallest absolute Gasteiger partial charge is 0.00110 e. The first kappa shape index (κ1) is 14.6. The first-order valence-electron chi connectivity index (χ1n) is 8.40. The van der Waals surface area contributed by atoms with Crippen molar-refractivity contribution in [2.24, 2.45) is 11.3 Å². The van der Waals surface area contributed by atoms with Crippen molar-refractivity contribution in [2.45, 2.75) is 39.5 Å². The fourth-order valence-corrected chi connectivity index (χ4v) is 3.56. The summed E-state index contributed by atoms with van der Waals surface area (Å²) in [5.41, 5.74) is 1.92. The Morgan fingerprint density at radius 1 is 1.10 bits per heavy atom. The van der Waals surface area contributed by atoms with E-state index in [0.717, 1.165) is 19.0 Å². The van der Waals surface area contributed by atoms with Crippen LogP contribution in [0.1, 0.15) is 38.7 Å². The van der Waals surface area contributed by atoms with Crippen molar-refractivity contribution in [2.75, 3.05) is 13.1 Å². The van der Waals surface area contributed by atoms with Gasteiger partial charge in [-0.3, -0.25) is 0 Å². The SMILES string of the molecule is CCCNCC(C)(Cc1cccc2ccccc12)C1CC1. The van der Waals surface area contributed by atoms with Gasteiger partial charge in [0.15, 0.2) is 0 Å². The van der Waals surface area contributed by atoms with Crippen LogP contribution < -0.4 is 5.32 Å². The van der Waals surface area contributed by atoms with Gasteiger partial charge in [0.2, 0.25) is 0 Å². The van der Waals surface area contributed by atoms with Crippen LogP contribution in [0.15, 0.2) is 42.5 Å². The zero-order chi connectivity index (χ0) is 14.7. The number of benzene rings is 2. The molecule has 1 fully saturated rings. The second kappa shape index (κ2) is 6.19. The molecule has 2 aromatic rings. The van der Waals surface area contributed by atoms with E-state index in [-0.39, 0.29) is 0 Å². The van der Waals surface area contributed by atoms with Crippen molar-refractivity contribution in [3.05, 3.63) is 48.0 Å². The van der Waals surface area contributed by atoms with Crippen LogP contribution >= 0.6 is 0 Å². The number of hydrogen-bond acceptors (Lipinski definition) is 1. The summed E-state index contributed by atoms with van der Waals surface area (Å²) in [5.74, 6) is 0.904. The normalized spacial score (nSPS) is 17.8. The van der Waals surface area contributed by atoms with Crippen molar-refractivity contribution < 1.29 is 0 Å². The lowest BCUT2D eigenvalue weighted by molar-refractivity contribution is 0.257. The first-order chi connectivity index (χ1) is 10.2. The summed E-state index contributed by atoms with van der Waals surface area (Å²) in [6, 6.07) is 15.6. The molecule has 1 aliphatic rings. The molecule has 1 unspecified atom stereocenters. The molecule has 0 heterocycles. The standard InChI is InChI=1S/C20H27N/c1-3-13-21-15-20(2,18-11-12-18)14-17-9-6-8-16-7-4-5-10-19(16)17/h4-10,18,21H,3,11-15H2,1-2H3. The molecule has 0 aromatic heterocycles. The van der Waals surface area contributed by atoms with Gasteiger partial charge in [-0.15, -0.1) is 0 Å². The van der Waals surface area contributed by atoms with Crippen LogP contribution in [0.3, 0.4) is 0 Å². The molecule has 1 N–H and O–H groups in total. The molecule has 1 saturated carbocycles. The van der Waals surface area contributed by atoms with Crippen LogP contribution in [0.2, 0.25) is 0 Å². The maximum absolute atomic E-state index is 3.67. The second-order valence-electron chi connectivity index (χ2n) is 6.92. The molecule has 21 heavy (non-hydrogen) atoms. The Morgan fingerprint density at radius 2 is 1.86 bits per heavy atom. The average Bonchev–Trinajstić information content (AvgIpc) is 3.33. The average molecular weight is 281 g/mol. The van der Waals surface area contributed by atoms with Gasteiger partial charge in [-0.1, -0.05) is 56.3 Å². The summed E-state index contributed by atoms with van der Waals surface area (Å²) >= 11 is 0. The van der Waals surface area contributed by atoms with Crippen LogP contribution in [-0.4, -0.2) is 13.1 Å². The molecular formula is C20H27N. The van der Waals surface area contributed by atoms with E-state index >= 15 is 0 Å². The van der Waals surface area contributed by atoms with Crippen molar-refractivity contribution in [1.82, 2.24) is 5.32 Å². The lowest BCUT2D eigenvalue weighted by Gasteiger charge is -2.31. The van der Waals surface area contributed by atoms with E-state index in [9.17, 15) is 0 Å².